The first kappa shape index (κ1) is 53.1. The van der Waals surface area contributed by atoms with E-state index in [2.05, 4.69) is 47.9 Å². The summed E-state index contributed by atoms with van der Waals surface area (Å²) in [7, 11) is 0. The molecule has 2 aromatic carbocycles. The molecule has 5 heterocycles. The Morgan fingerprint density at radius 2 is 1.61 bits per heavy atom. The van der Waals surface area contributed by atoms with Crippen molar-refractivity contribution < 1.29 is 92.1 Å². The number of fused-ring (bicyclic) bond motifs is 4. The smallest absolute Gasteiger partial charge is 0.540 e. The Morgan fingerprint density at radius 3 is 2.29 bits per heavy atom. The van der Waals surface area contributed by atoms with Crippen LogP contribution in [0.1, 0.15) is 95.4 Å². The second-order valence-electron chi connectivity index (χ2n) is 18.5. The average molecular weight is 980 g/mol. The van der Waals surface area contributed by atoms with Gasteiger partial charge in [0, 0.05) is 24.8 Å². The second-order valence-corrected chi connectivity index (χ2v) is 18.5. The quantitative estimate of drug-likeness (QED) is 0.0842. The zero-order valence-corrected chi connectivity index (χ0v) is 41.9. The Morgan fingerprint density at radius 1 is 0.857 bits per heavy atom. The van der Waals surface area contributed by atoms with Crippen LogP contribution < -0.4 is 86.9 Å². The Balaban J connectivity index is 0.00000804. The van der Waals surface area contributed by atoms with Crippen molar-refractivity contribution in [2.24, 2.45) is 5.92 Å². The summed E-state index contributed by atoms with van der Waals surface area (Å²) in [6.07, 6.45) is 1.07. The minimum Gasteiger partial charge on any atom is -0.540 e. The van der Waals surface area contributed by atoms with Gasteiger partial charge in [0.25, 0.3) is 0 Å². The van der Waals surface area contributed by atoms with E-state index in [1.807, 2.05) is 13.0 Å². The molecular weight excluding hydrogens is 922 g/mol. The van der Waals surface area contributed by atoms with Crippen molar-refractivity contribution in [3.63, 3.8) is 0 Å². The molecule has 0 saturated carbocycles. The molecule has 10 atom stereocenters. The molecule has 70 heavy (non-hydrogen) atoms. The fourth-order valence-corrected chi connectivity index (χ4v) is 9.83. The number of ether oxygens (including phenoxy) is 2. The maximum atomic E-state index is 14.4. The summed E-state index contributed by atoms with van der Waals surface area (Å²) in [5, 5.41) is 35.0. The molecule has 0 aromatic heterocycles. The van der Waals surface area contributed by atoms with Gasteiger partial charge in [-0.3, -0.25) is 38.4 Å². The van der Waals surface area contributed by atoms with Crippen molar-refractivity contribution in [3.8, 4) is 11.5 Å². The van der Waals surface area contributed by atoms with Crippen molar-refractivity contribution in [2.75, 3.05) is 18.4 Å². The van der Waals surface area contributed by atoms with Crippen molar-refractivity contribution in [2.45, 2.75) is 139 Å². The van der Waals surface area contributed by atoms with Crippen molar-refractivity contribution in [1.82, 2.24) is 42.5 Å². The number of nitrogens with one attached hydrogen (secondary N) is 9. The number of anilines is 1. The Labute approximate surface area is 425 Å². The van der Waals surface area contributed by atoms with Crippen LogP contribution in [0, 0.1) is 5.92 Å². The number of carbonyl (C=O) groups excluding carboxylic acids is 9. The molecule has 7 rings (SSSR count). The van der Waals surface area contributed by atoms with Gasteiger partial charge in [-0.1, -0.05) is 51.6 Å². The zero-order valence-electron chi connectivity index (χ0n) is 39.9. The second kappa shape index (κ2) is 21.8. The number of amides is 8. The molecule has 0 aliphatic carbocycles. The van der Waals surface area contributed by atoms with E-state index < -0.39 is 114 Å². The summed E-state index contributed by atoms with van der Waals surface area (Å²) in [6.45, 7) is 6.98. The van der Waals surface area contributed by atoms with Crippen molar-refractivity contribution in [1.29, 1.82) is 0 Å². The summed E-state index contributed by atoms with van der Waals surface area (Å²) < 4.78 is 13.6. The molecule has 6 bridgehead atoms. The third-order valence-corrected chi connectivity index (χ3v) is 13.6. The number of carboxylic acid groups (broad SMARTS) is 1. The fourth-order valence-electron chi connectivity index (χ4n) is 9.83. The largest absolute Gasteiger partial charge is 1.00 e. The van der Waals surface area contributed by atoms with E-state index in [0.29, 0.717) is 33.7 Å². The molecule has 1 spiro atoms. The van der Waals surface area contributed by atoms with Crippen LogP contribution in [0.25, 0.3) is 0 Å². The third kappa shape index (κ3) is 10.9. The summed E-state index contributed by atoms with van der Waals surface area (Å²) >= 11 is 0. The van der Waals surface area contributed by atoms with E-state index in [-0.39, 0.29) is 98.5 Å². The van der Waals surface area contributed by atoms with E-state index in [9.17, 15) is 53.1 Å². The summed E-state index contributed by atoms with van der Waals surface area (Å²) in [4.78, 5) is 132. The van der Waals surface area contributed by atoms with Crippen LogP contribution in [-0.2, 0) is 66.2 Å². The third-order valence-electron chi connectivity index (χ3n) is 13.6. The van der Waals surface area contributed by atoms with Gasteiger partial charge in [0.05, 0.1) is 17.6 Å². The molecular formula is C47H58N9NaO13. The molecule has 10 N–H and O–H groups in total. The maximum absolute atomic E-state index is 14.4. The van der Waals surface area contributed by atoms with Crippen molar-refractivity contribution in [3.05, 3.63) is 52.6 Å². The maximum Gasteiger partial charge on any atom is 1.00 e. The van der Waals surface area contributed by atoms with Gasteiger partial charge in [-0.25, -0.2) is 11.1 Å². The minimum atomic E-state index is -1.62. The minimum absolute atomic E-state index is 0. The van der Waals surface area contributed by atoms with E-state index >= 15 is 0 Å². The van der Waals surface area contributed by atoms with E-state index in [1.54, 1.807) is 44.4 Å². The van der Waals surface area contributed by atoms with Gasteiger partial charge in [-0.2, -0.15) is 0 Å². The molecule has 0 radical (unpaired) electrons. The van der Waals surface area contributed by atoms with Crippen LogP contribution >= 0.6 is 0 Å². The van der Waals surface area contributed by atoms with E-state index in [4.69, 9.17) is 9.47 Å². The number of carboxylic acids is 1. The van der Waals surface area contributed by atoms with Gasteiger partial charge >= 0.3 is 35.5 Å². The molecule has 23 heteroatoms. The number of para-hydroxylation sites is 1. The first-order valence-corrected chi connectivity index (χ1v) is 23.1. The standard InChI is InChI=1S/C47H58N9O13.Na/c1-6-33(58)52-31-20-47-26-9-8-10-32(69-46(5,7-2)38(44(66)67)56-39(61)23(4)50-35(60)21-49-41(31)63)36(26)55-45(47)68-37-25-15-22(3)16-29(53-42(64)28-11-12-34(59)51-28)43(65)54-30(40(62)48-13-14-57)19-24(17-25)18-27(37)47;/h8-10,17-18,22-23,28-31,38,45,55H,6-7,11-13,15-16,19-21H2,1-5H3,(H,48,62)(H,49,63)(H,50,60)(H,51,59)(H,52,58)(H,53,64)(H,54,65)(H,56,61)(H,66,67);/q-1;+1/t22?,23?,28?,29?,30?,31?,38?,45?,46?,47-;/m0./s1. The van der Waals surface area contributed by atoms with Gasteiger partial charge in [0.1, 0.15) is 47.3 Å². The monoisotopic (exact) mass is 979 g/mol. The van der Waals surface area contributed by atoms with Crippen LogP contribution in [0.3, 0.4) is 0 Å². The van der Waals surface area contributed by atoms with Crippen LogP contribution in [-0.4, -0.2) is 126 Å². The van der Waals surface area contributed by atoms with Gasteiger partial charge in [-0.15, -0.1) is 0 Å². The predicted molar refractivity (Wildman–Crippen MR) is 243 cm³/mol. The van der Waals surface area contributed by atoms with Crippen molar-refractivity contribution >= 4 is 65.2 Å². The summed E-state index contributed by atoms with van der Waals surface area (Å²) in [5.41, 5.74) is -0.415. The summed E-state index contributed by atoms with van der Waals surface area (Å²) in [6, 6.07) is 1.22. The van der Waals surface area contributed by atoms with Gasteiger partial charge < -0.3 is 67.2 Å². The average Bonchev–Trinajstić information content (AvgIpc) is 3.98. The topological polar surface area (TPSA) is 318 Å². The predicted octanol–water partition coefficient (Wildman–Crippen LogP) is -4.24. The normalized spacial score (nSPS) is 29.5. The van der Waals surface area contributed by atoms with Crippen LogP contribution in [0.5, 0.6) is 11.5 Å². The van der Waals surface area contributed by atoms with E-state index in [0.717, 1.165) is 0 Å². The summed E-state index contributed by atoms with van der Waals surface area (Å²) in [5.74, 6) is -6.25. The molecule has 5 aliphatic heterocycles. The van der Waals surface area contributed by atoms with Crippen LogP contribution in [0.4, 0.5) is 5.69 Å². The number of benzene rings is 2. The first-order chi connectivity index (χ1) is 32.8. The molecule has 1 saturated heterocycles. The Hall–Kier alpha value is -6.26. The van der Waals surface area contributed by atoms with Gasteiger partial charge in [0.15, 0.2) is 12.3 Å². The Bertz CT molecular complexity index is 2470. The Kier molecular flexibility index (Phi) is 16.5. The first-order valence-electron chi connectivity index (χ1n) is 23.1. The molecule has 5 aliphatic rings. The van der Waals surface area contributed by atoms with Crippen LogP contribution in [0.15, 0.2) is 30.3 Å². The molecule has 370 valence electrons. The molecule has 2 aromatic rings. The molecule has 8 amide bonds. The zero-order chi connectivity index (χ0) is 49.9. The van der Waals surface area contributed by atoms with Gasteiger partial charge in [-0.05, 0) is 74.6 Å². The van der Waals surface area contributed by atoms with Crippen LogP contribution in [0.2, 0.25) is 0 Å². The number of aliphatic carboxylic acids is 1. The number of carbonyl (C=O) groups is 9. The number of hydrogen-bond acceptors (Lipinski definition) is 13. The SMILES string of the molecule is CCC(=O)NC1C[C@@]23c4cccc(c4NC2Oc2c4cc(cc23)CC(C(=O)NC[C-]=O)NC(=O)C(NC(=O)C2CCC(=O)N2)CC(C)C4)OC(C)(CC)C(C(=O)O)NC(=O)C(C)NC(=O)CNC1=O.[Na+]. The van der Waals surface area contributed by atoms with E-state index in [1.165, 1.54) is 13.8 Å². The molecule has 9 unspecified atom stereocenters. The number of rotatable bonds is 9. The van der Waals surface area contributed by atoms with Gasteiger partial charge in [0.2, 0.25) is 47.3 Å². The fraction of sp³-hybridized carbons (Fsp3) is 0.532. The number of hydrogen-bond donors (Lipinski definition) is 10. The molecule has 1 fully saturated rings. The molecule has 22 nitrogen and oxygen atoms in total.